The smallest absolute Gasteiger partial charge is 0.331 e. The number of furan rings is 2. The van der Waals surface area contributed by atoms with Crippen LogP contribution in [-0.2, 0) is 16.1 Å². The zero-order valence-electron chi connectivity index (χ0n) is 14.3. The molecule has 4 rings (SSSR count). The molecule has 1 aliphatic rings. The standard InChI is InChI=1S/C20H13ClN2O5/c21-13-5-3-12(4-6-13)17-8-7-14(28-17)10-16-18(24)22-20(26)23(19(16)25)11-15-2-1-9-27-15/h1-10H,11H2,(H,22,24,26)/b16-10-. The van der Waals surface area contributed by atoms with Gasteiger partial charge in [-0.05, 0) is 54.6 Å². The van der Waals surface area contributed by atoms with Crippen LogP contribution >= 0.6 is 11.6 Å². The maximum atomic E-state index is 12.7. The third-order valence-electron chi connectivity index (χ3n) is 4.12. The first kappa shape index (κ1) is 17.8. The third kappa shape index (κ3) is 3.47. The minimum atomic E-state index is -0.801. The van der Waals surface area contributed by atoms with Crippen LogP contribution in [0.1, 0.15) is 11.5 Å². The fourth-order valence-corrected chi connectivity index (χ4v) is 2.86. The van der Waals surface area contributed by atoms with Gasteiger partial charge in [0, 0.05) is 10.6 Å². The zero-order chi connectivity index (χ0) is 19.7. The van der Waals surface area contributed by atoms with E-state index in [-0.39, 0.29) is 12.1 Å². The lowest BCUT2D eigenvalue weighted by Gasteiger charge is -2.25. The summed E-state index contributed by atoms with van der Waals surface area (Å²) in [6.45, 7) is -0.0868. The Bertz CT molecular complexity index is 1080. The van der Waals surface area contributed by atoms with Crippen LogP contribution in [-0.4, -0.2) is 22.7 Å². The summed E-state index contributed by atoms with van der Waals surface area (Å²) in [5.41, 5.74) is 0.589. The summed E-state index contributed by atoms with van der Waals surface area (Å²) in [5, 5.41) is 2.75. The van der Waals surface area contributed by atoms with Gasteiger partial charge in [0.2, 0.25) is 0 Å². The van der Waals surface area contributed by atoms with Crippen molar-refractivity contribution in [1.82, 2.24) is 10.2 Å². The second kappa shape index (κ2) is 7.21. The summed E-state index contributed by atoms with van der Waals surface area (Å²) < 4.78 is 10.9. The normalized spacial score (nSPS) is 16.0. The van der Waals surface area contributed by atoms with Crippen LogP contribution in [0.5, 0.6) is 0 Å². The second-order valence-electron chi connectivity index (χ2n) is 6.00. The van der Waals surface area contributed by atoms with Crippen molar-refractivity contribution in [1.29, 1.82) is 0 Å². The van der Waals surface area contributed by atoms with E-state index in [0.29, 0.717) is 22.3 Å². The molecule has 0 bridgehead atoms. The molecule has 1 saturated heterocycles. The van der Waals surface area contributed by atoms with Gasteiger partial charge in [-0.1, -0.05) is 11.6 Å². The van der Waals surface area contributed by atoms with Crippen molar-refractivity contribution < 1.29 is 23.2 Å². The highest BCUT2D eigenvalue weighted by molar-refractivity contribution is 6.31. The highest BCUT2D eigenvalue weighted by Gasteiger charge is 2.36. The number of benzene rings is 1. The van der Waals surface area contributed by atoms with E-state index < -0.39 is 17.8 Å². The van der Waals surface area contributed by atoms with E-state index in [9.17, 15) is 14.4 Å². The molecule has 3 aromatic rings. The fourth-order valence-electron chi connectivity index (χ4n) is 2.74. The van der Waals surface area contributed by atoms with Crippen LogP contribution < -0.4 is 5.32 Å². The Morgan fingerprint density at radius 1 is 1.04 bits per heavy atom. The average molecular weight is 397 g/mol. The number of nitrogens with one attached hydrogen (secondary N) is 1. The molecule has 1 aromatic carbocycles. The molecule has 28 heavy (non-hydrogen) atoms. The topological polar surface area (TPSA) is 92.8 Å². The summed E-state index contributed by atoms with van der Waals surface area (Å²) in [5.74, 6) is -0.239. The van der Waals surface area contributed by atoms with Crippen LogP contribution in [0.4, 0.5) is 4.79 Å². The maximum Gasteiger partial charge on any atom is 0.331 e. The number of rotatable bonds is 4. The van der Waals surface area contributed by atoms with E-state index in [1.54, 1.807) is 48.5 Å². The molecule has 8 heteroatoms. The number of hydrogen-bond donors (Lipinski definition) is 1. The molecule has 1 aliphatic heterocycles. The Morgan fingerprint density at radius 3 is 2.54 bits per heavy atom. The quantitative estimate of drug-likeness (QED) is 0.534. The molecular weight excluding hydrogens is 384 g/mol. The average Bonchev–Trinajstić information content (AvgIpc) is 3.35. The van der Waals surface area contributed by atoms with Gasteiger partial charge in [-0.3, -0.25) is 19.8 Å². The van der Waals surface area contributed by atoms with Crippen molar-refractivity contribution in [3.05, 3.63) is 76.9 Å². The van der Waals surface area contributed by atoms with E-state index in [1.807, 2.05) is 0 Å². The summed E-state index contributed by atoms with van der Waals surface area (Å²) >= 11 is 5.88. The summed E-state index contributed by atoms with van der Waals surface area (Å²) in [6, 6.07) is 12.9. The molecule has 0 saturated carbocycles. The molecule has 7 nitrogen and oxygen atoms in total. The van der Waals surface area contributed by atoms with E-state index in [2.05, 4.69) is 5.32 Å². The summed E-state index contributed by atoms with van der Waals surface area (Å²) in [6.07, 6.45) is 2.74. The van der Waals surface area contributed by atoms with E-state index >= 15 is 0 Å². The predicted octanol–water partition coefficient (Wildman–Crippen LogP) is 3.86. The Kier molecular flexibility index (Phi) is 4.58. The first-order chi connectivity index (χ1) is 13.5. The molecule has 0 spiro atoms. The highest BCUT2D eigenvalue weighted by Crippen LogP contribution is 2.25. The number of carbonyl (C=O) groups is 3. The van der Waals surface area contributed by atoms with E-state index in [4.69, 9.17) is 20.4 Å². The Balaban J connectivity index is 1.61. The van der Waals surface area contributed by atoms with E-state index in [0.717, 1.165) is 10.5 Å². The van der Waals surface area contributed by atoms with Crippen LogP contribution in [0.25, 0.3) is 17.4 Å². The molecule has 140 valence electrons. The molecule has 0 aliphatic carbocycles. The van der Waals surface area contributed by atoms with Crippen LogP contribution in [0, 0.1) is 0 Å². The molecule has 2 aromatic heterocycles. The lowest BCUT2D eigenvalue weighted by atomic mass is 10.1. The molecule has 3 heterocycles. The summed E-state index contributed by atoms with van der Waals surface area (Å²) in [7, 11) is 0. The van der Waals surface area contributed by atoms with Crippen molar-refractivity contribution in [2.75, 3.05) is 0 Å². The minimum Gasteiger partial charge on any atom is -0.467 e. The first-order valence-corrected chi connectivity index (χ1v) is 8.66. The lowest BCUT2D eigenvalue weighted by molar-refractivity contribution is -0.130. The lowest BCUT2D eigenvalue weighted by Crippen LogP contribution is -2.53. The molecule has 1 N–H and O–H groups in total. The summed E-state index contributed by atoms with van der Waals surface area (Å²) in [4.78, 5) is 37.7. The largest absolute Gasteiger partial charge is 0.467 e. The highest BCUT2D eigenvalue weighted by atomic mass is 35.5. The SMILES string of the molecule is O=C1NC(=O)N(Cc2ccco2)C(=O)/C1=C\c1ccc(-c2ccc(Cl)cc2)o1. The van der Waals surface area contributed by atoms with E-state index in [1.165, 1.54) is 12.3 Å². The van der Waals surface area contributed by atoms with Gasteiger partial charge in [0.25, 0.3) is 11.8 Å². The van der Waals surface area contributed by atoms with Crippen LogP contribution in [0.3, 0.4) is 0 Å². The van der Waals surface area contributed by atoms with Crippen LogP contribution in [0.2, 0.25) is 5.02 Å². The Morgan fingerprint density at radius 2 is 1.82 bits per heavy atom. The van der Waals surface area contributed by atoms with Gasteiger partial charge in [-0.15, -0.1) is 0 Å². The Hall–Kier alpha value is -3.58. The molecule has 0 unspecified atom stereocenters. The van der Waals surface area contributed by atoms with Crippen molar-refractivity contribution >= 4 is 35.5 Å². The zero-order valence-corrected chi connectivity index (χ0v) is 15.1. The Labute approximate surface area is 164 Å². The molecule has 4 amide bonds. The van der Waals surface area contributed by atoms with Crippen molar-refractivity contribution in [3.63, 3.8) is 0 Å². The van der Waals surface area contributed by atoms with Crippen molar-refractivity contribution in [2.45, 2.75) is 6.54 Å². The van der Waals surface area contributed by atoms with Crippen molar-refractivity contribution in [3.8, 4) is 11.3 Å². The number of halogens is 1. The molecular formula is C20H13ClN2O5. The number of hydrogen-bond acceptors (Lipinski definition) is 5. The number of urea groups is 1. The molecule has 1 fully saturated rings. The third-order valence-corrected chi connectivity index (χ3v) is 4.37. The van der Waals surface area contributed by atoms with Gasteiger partial charge in [0.1, 0.15) is 22.9 Å². The number of carbonyl (C=O) groups excluding carboxylic acids is 3. The minimum absolute atomic E-state index is 0.0868. The van der Waals surface area contributed by atoms with Gasteiger partial charge in [-0.25, -0.2) is 4.79 Å². The predicted molar refractivity (Wildman–Crippen MR) is 99.9 cm³/mol. The fraction of sp³-hybridized carbons (Fsp3) is 0.0500. The first-order valence-electron chi connectivity index (χ1n) is 8.28. The monoisotopic (exact) mass is 396 g/mol. The number of nitrogens with zero attached hydrogens (tertiary/aromatic N) is 1. The van der Waals surface area contributed by atoms with Gasteiger partial charge < -0.3 is 8.83 Å². The van der Waals surface area contributed by atoms with Crippen molar-refractivity contribution in [2.24, 2.45) is 0 Å². The molecule has 0 atom stereocenters. The van der Waals surface area contributed by atoms with Gasteiger partial charge in [0.05, 0.1) is 12.8 Å². The van der Waals surface area contributed by atoms with Gasteiger partial charge in [-0.2, -0.15) is 0 Å². The second-order valence-corrected chi connectivity index (χ2v) is 6.43. The van der Waals surface area contributed by atoms with Gasteiger partial charge >= 0.3 is 6.03 Å². The molecule has 0 radical (unpaired) electrons. The van der Waals surface area contributed by atoms with Gasteiger partial charge in [0.15, 0.2) is 0 Å². The number of barbiturate groups is 1. The van der Waals surface area contributed by atoms with Crippen LogP contribution in [0.15, 0.2) is 69.2 Å². The number of imide groups is 2. The number of amides is 4. The maximum absolute atomic E-state index is 12.7.